The lowest BCUT2D eigenvalue weighted by Gasteiger charge is -2.32. The summed E-state index contributed by atoms with van der Waals surface area (Å²) in [6, 6.07) is 1.12. The molecule has 0 amide bonds. The predicted octanol–water partition coefficient (Wildman–Crippen LogP) is 3.58. The van der Waals surface area contributed by atoms with Gasteiger partial charge in [-0.15, -0.1) is 0 Å². The molecule has 0 spiro atoms. The van der Waals surface area contributed by atoms with Crippen LogP contribution in [0.5, 0.6) is 0 Å². The third kappa shape index (κ3) is 7.14. The zero-order valence-electron chi connectivity index (χ0n) is 13.2. The molecule has 4 atom stereocenters. The predicted molar refractivity (Wildman–Crippen MR) is 89.5 cm³/mol. The third-order valence-electron chi connectivity index (χ3n) is 3.57. The Bertz CT molecular complexity index is 288. The van der Waals surface area contributed by atoms with Crippen molar-refractivity contribution in [1.82, 2.24) is 5.32 Å². The van der Waals surface area contributed by atoms with Crippen molar-refractivity contribution in [1.29, 1.82) is 0 Å². The van der Waals surface area contributed by atoms with E-state index in [0.29, 0.717) is 22.1 Å². The Hall–Kier alpha value is 0.460. The van der Waals surface area contributed by atoms with Gasteiger partial charge in [-0.1, -0.05) is 34.1 Å². The van der Waals surface area contributed by atoms with E-state index in [2.05, 4.69) is 33.0 Å². The van der Waals surface area contributed by atoms with E-state index in [0.717, 1.165) is 24.3 Å². The average Bonchev–Trinajstić information content (AvgIpc) is 2.35. The van der Waals surface area contributed by atoms with Gasteiger partial charge in [-0.25, -0.2) is 0 Å². The second-order valence-corrected chi connectivity index (χ2v) is 10.5. The SMILES string of the molecule is CC[S@@](=O)[C@@H]1CCC[C@H](N[C@@H](C)CSC(C)(C)C)C1. The van der Waals surface area contributed by atoms with E-state index in [1.54, 1.807) is 0 Å². The topological polar surface area (TPSA) is 29.1 Å². The normalized spacial score (nSPS) is 28.1. The highest BCUT2D eigenvalue weighted by Crippen LogP contribution is 2.26. The summed E-state index contributed by atoms with van der Waals surface area (Å²) in [7, 11) is -0.612. The molecular weight excluding hydrogens is 274 g/mol. The molecule has 0 aromatic rings. The Morgan fingerprint density at radius 1 is 1.37 bits per heavy atom. The summed E-state index contributed by atoms with van der Waals surface area (Å²) in [6.45, 7) is 11.1. The molecule has 2 nitrogen and oxygen atoms in total. The fraction of sp³-hybridized carbons (Fsp3) is 1.00. The molecule has 19 heavy (non-hydrogen) atoms. The monoisotopic (exact) mass is 305 g/mol. The summed E-state index contributed by atoms with van der Waals surface area (Å²) in [6.07, 6.45) is 4.74. The van der Waals surface area contributed by atoms with Crippen molar-refractivity contribution in [2.24, 2.45) is 0 Å². The lowest BCUT2D eigenvalue weighted by Crippen LogP contribution is -2.43. The van der Waals surface area contributed by atoms with Gasteiger partial charge in [-0.05, 0) is 26.2 Å². The van der Waals surface area contributed by atoms with Crippen LogP contribution in [0.4, 0.5) is 0 Å². The molecule has 0 heterocycles. The van der Waals surface area contributed by atoms with E-state index < -0.39 is 10.8 Å². The van der Waals surface area contributed by atoms with Gasteiger partial charge in [0.25, 0.3) is 0 Å². The summed E-state index contributed by atoms with van der Waals surface area (Å²) < 4.78 is 12.3. The van der Waals surface area contributed by atoms with Gasteiger partial charge in [0.05, 0.1) is 0 Å². The first-order valence-corrected chi connectivity index (χ1v) is 9.95. The van der Waals surface area contributed by atoms with Gasteiger partial charge in [0.15, 0.2) is 0 Å². The Morgan fingerprint density at radius 3 is 2.63 bits per heavy atom. The lowest BCUT2D eigenvalue weighted by atomic mass is 9.94. The lowest BCUT2D eigenvalue weighted by molar-refractivity contribution is 0.357. The first-order chi connectivity index (χ1) is 8.81. The molecule has 0 radical (unpaired) electrons. The van der Waals surface area contributed by atoms with Crippen molar-refractivity contribution in [3.63, 3.8) is 0 Å². The van der Waals surface area contributed by atoms with Crippen LogP contribution in [0.1, 0.15) is 60.3 Å². The van der Waals surface area contributed by atoms with Crippen molar-refractivity contribution in [2.75, 3.05) is 11.5 Å². The Kier molecular flexibility index (Phi) is 7.41. The zero-order valence-corrected chi connectivity index (χ0v) is 14.8. The van der Waals surface area contributed by atoms with E-state index in [1.165, 1.54) is 12.8 Å². The van der Waals surface area contributed by atoms with Crippen LogP contribution >= 0.6 is 11.8 Å². The van der Waals surface area contributed by atoms with Gasteiger partial charge >= 0.3 is 0 Å². The molecule has 0 aromatic heterocycles. The van der Waals surface area contributed by atoms with Crippen molar-refractivity contribution in [3.05, 3.63) is 0 Å². The minimum absolute atomic E-state index is 0.342. The molecule has 1 aliphatic carbocycles. The van der Waals surface area contributed by atoms with Gasteiger partial charge in [0, 0.05) is 44.4 Å². The van der Waals surface area contributed by atoms with Crippen LogP contribution in [0.2, 0.25) is 0 Å². The molecule has 4 heteroatoms. The molecule has 1 rings (SSSR count). The summed E-state index contributed by atoms with van der Waals surface area (Å²) in [5.41, 5.74) is 0. The first-order valence-electron chi connectivity index (χ1n) is 7.59. The van der Waals surface area contributed by atoms with Gasteiger partial charge in [-0.2, -0.15) is 11.8 Å². The fourth-order valence-corrected chi connectivity index (χ4v) is 4.79. The quantitative estimate of drug-likeness (QED) is 0.813. The molecule has 0 aliphatic heterocycles. The highest BCUT2D eigenvalue weighted by molar-refractivity contribution is 8.00. The number of rotatable bonds is 6. The molecular formula is C15H31NOS2. The van der Waals surface area contributed by atoms with Crippen LogP contribution in [-0.2, 0) is 10.8 Å². The maximum absolute atomic E-state index is 11.9. The van der Waals surface area contributed by atoms with Gasteiger partial charge in [0.1, 0.15) is 0 Å². The summed E-state index contributed by atoms with van der Waals surface area (Å²) in [4.78, 5) is 0. The maximum atomic E-state index is 11.9. The molecule has 0 saturated heterocycles. The zero-order chi connectivity index (χ0) is 14.5. The van der Waals surface area contributed by atoms with Crippen LogP contribution in [0.25, 0.3) is 0 Å². The number of hydrogen-bond donors (Lipinski definition) is 1. The minimum atomic E-state index is -0.612. The first kappa shape index (κ1) is 17.5. The summed E-state index contributed by atoms with van der Waals surface area (Å²) in [5.74, 6) is 1.97. The molecule has 1 fully saturated rings. The Labute approximate surface area is 126 Å². The highest BCUT2D eigenvalue weighted by Gasteiger charge is 2.26. The van der Waals surface area contributed by atoms with E-state index in [4.69, 9.17) is 0 Å². The second kappa shape index (κ2) is 8.04. The largest absolute Gasteiger partial charge is 0.311 e. The number of hydrogen-bond acceptors (Lipinski definition) is 3. The van der Waals surface area contributed by atoms with Gasteiger partial charge < -0.3 is 5.32 Å². The molecule has 1 saturated carbocycles. The van der Waals surface area contributed by atoms with E-state index >= 15 is 0 Å². The standard InChI is InChI=1S/C15H31NOS2/c1-6-19(17)14-9-7-8-13(10-14)16-12(2)11-18-15(3,4)5/h12-14,16H,6-11H2,1-5H3/t12-,13-,14+,19+/m0/s1. The molecule has 0 aromatic carbocycles. The van der Waals surface area contributed by atoms with Gasteiger partial charge in [0.2, 0.25) is 0 Å². The third-order valence-corrected chi connectivity index (χ3v) is 6.84. The van der Waals surface area contributed by atoms with Crippen LogP contribution in [0.3, 0.4) is 0 Å². The van der Waals surface area contributed by atoms with Crippen molar-refractivity contribution in [3.8, 4) is 0 Å². The molecule has 1 N–H and O–H groups in total. The smallest absolute Gasteiger partial charge is 0.0362 e. The van der Waals surface area contributed by atoms with Crippen molar-refractivity contribution >= 4 is 22.6 Å². The Balaban J connectivity index is 2.33. The van der Waals surface area contributed by atoms with Crippen LogP contribution in [0, 0.1) is 0 Å². The summed E-state index contributed by atoms with van der Waals surface area (Å²) in [5, 5.41) is 4.17. The van der Waals surface area contributed by atoms with E-state index in [1.807, 2.05) is 18.7 Å². The van der Waals surface area contributed by atoms with Gasteiger partial charge in [-0.3, -0.25) is 4.21 Å². The second-order valence-electron chi connectivity index (χ2n) is 6.65. The van der Waals surface area contributed by atoms with Crippen molar-refractivity contribution < 1.29 is 4.21 Å². The van der Waals surface area contributed by atoms with E-state index in [-0.39, 0.29) is 0 Å². The van der Waals surface area contributed by atoms with E-state index in [9.17, 15) is 4.21 Å². The van der Waals surface area contributed by atoms with Crippen LogP contribution in [0.15, 0.2) is 0 Å². The highest BCUT2D eigenvalue weighted by atomic mass is 32.2. The minimum Gasteiger partial charge on any atom is -0.311 e. The number of nitrogens with one attached hydrogen (secondary N) is 1. The molecule has 1 aliphatic rings. The van der Waals surface area contributed by atoms with Crippen LogP contribution < -0.4 is 5.32 Å². The molecule has 0 bridgehead atoms. The average molecular weight is 306 g/mol. The molecule has 114 valence electrons. The van der Waals surface area contributed by atoms with Crippen LogP contribution in [-0.4, -0.2) is 37.8 Å². The molecule has 0 unspecified atom stereocenters. The Morgan fingerprint density at radius 2 is 2.05 bits per heavy atom. The number of thioether (sulfide) groups is 1. The van der Waals surface area contributed by atoms with Crippen molar-refractivity contribution in [2.45, 2.75) is 82.4 Å². The maximum Gasteiger partial charge on any atom is 0.0362 e. The summed E-state index contributed by atoms with van der Waals surface area (Å²) >= 11 is 2.02. The fourth-order valence-electron chi connectivity index (χ4n) is 2.60.